The Morgan fingerprint density at radius 3 is 2.80 bits per heavy atom. The summed E-state index contributed by atoms with van der Waals surface area (Å²) in [5.74, 6) is -0.410. The monoisotopic (exact) mass is 354 g/mol. The number of nitrogens with one attached hydrogen (secondary N) is 1. The van der Waals surface area contributed by atoms with Gasteiger partial charge in [-0.05, 0) is 56.2 Å². The first-order valence-electron chi connectivity index (χ1n) is 7.80. The predicted octanol–water partition coefficient (Wildman–Crippen LogP) is 5.36. The fourth-order valence-corrected chi connectivity index (χ4v) is 3.88. The summed E-state index contributed by atoms with van der Waals surface area (Å²) in [7, 11) is 0. The van der Waals surface area contributed by atoms with Crippen LogP contribution in [0.1, 0.15) is 27.2 Å². The number of anilines is 1. The number of aryl methyl sites for hydroxylation is 3. The van der Waals surface area contributed by atoms with Gasteiger partial charge in [0.2, 0.25) is 0 Å². The van der Waals surface area contributed by atoms with Gasteiger partial charge in [0.1, 0.15) is 11.4 Å². The maximum absolute atomic E-state index is 13.3. The molecule has 2 aromatic heterocycles. The van der Waals surface area contributed by atoms with Crippen molar-refractivity contribution in [2.75, 3.05) is 5.32 Å². The SMILES string of the molecule is Cc1cc(C)c2oc(C(=O)Nc3nc4ccc(F)cc4s3)c(C)c2c1. The van der Waals surface area contributed by atoms with Crippen molar-refractivity contribution in [1.82, 2.24) is 4.98 Å². The zero-order chi connectivity index (χ0) is 17.7. The van der Waals surface area contributed by atoms with Gasteiger partial charge in [0.05, 0.1) is 10.2 Å². The molecule has 0 unspecified atom stereocenters. The number of halogens is 1. The summed E-state index contributed by atoms with van der Waals surface area (Å²) in [4.78, 5) is 16.9. The Hall–Kier alpha value is -2.73. The van der Waals surface area contributed by atoms with Crippen molar-refractivity contribution in [1.29, 1.82) is 0 Å². The summed E-state index contributed by atoms with van der Waals surface area (Å²) in [6.45, 7) is 5.84. The van der Waals surface area contributed by atoms with Gasteiger partial charge >= 0.3 is 0 Å². The summed E-state index contributed by atoms with van der Waals surface area (Å²) < 4.78 is 19.8. The molecule has 2 aromatic carbocycles. The Morgan fingerprint density at radius 2 is 2.00 bits per heavy atom. The van der Waals surface area contributed by atoms with Crippen molar-refractivity contribution in [3.63, 3.8) is 0 Å². The van der Waals surface area contributed by atoms with E-state index in [1.165, 1.54) is 23.5 Å². The average Bonchev–Trinajstić information content (AvgIpc) is 3.08. The number of nitrogens with zero attached hydrogens (tertiary/aromatic N) is 1. The van der Waals surface area contributed by atoms with Crippen LogP contribution in [0.3, 0.4) is 0 Å². The van der Waals surface area contributed by atoms with E-state index in [2.05, 4.69) is 10.3 Å². The molecular formula is C19H15FN2O2S. The molecule has 0 saturated heterocycles. The molecule has 0 aliphatic rings. The van der Waals surface area contributed by atoms with Gasteiger partial charge in [0, 0.05) is 10.9 Å². The molecule has 0 aliphatic carbocycles. The van der Waals surface area contributed by atoms with Crippen LogP contribution >= 0.6 is 11.3 Å². The second kappa shape index (κ2) is 5.67. The third kappa shape index (κ3) is 2.68. The van der Waals surface area contributed by atoms with Crippen LogP contribution in [0.15, 0.2) is 34.7 Å². The fourth-order valence-electron chi connectivity index (χ4n) is 2.99. The smallest absolute Gasteiger partial charge is 0.293 e. The molecule has 4 rings (SSSR count). The van der Waals surface area contributed by atoms with Crippen LogP contribution in [0, 0.1) is 26.6 Å². The molecule has 4 aromatic rings. The zero-order valence-corrected chi connectivity index (χ0v) is 14.8. The number of thiazole rings is 1. The quantitative estimate of drug-likeness (QED) is 0.527. The number of carbonyl (C=O) groups is 1. The molecule has 0 fully saturated rings. The molecule has 0 saturated carbocycles. The minimum absolute atomic E-state index is 0.272. The lowest BCUT2D eigenvalue weighted by molar-refractivity contribution is 0.0998. The lowest BCUT2D eigenvalue weighted by Gasteiger charge is -1.98. The van der Waals surface area contributed by atoms with E-state index in [1.807, 2.05) is 32.9 Å². The average molecular weight is 354 g/mol. The largest absolute Gasteiger partial charge is 0.450 e. The van der Waals surface area contributed by atoms with Gasteiger partial charge in [-0.25, -0.2) is 9.37 Å². The summed E-state index contributed by atoms with van der Waals surface area (Å²) in [6, 6.07) is 8.38. The van der Waals surface area contributed by atoms with Crippen molar-refractivity contribution < 1.29 is 13.6 Å². The van der Waals surface area contributed by atoms with Crippen LogP contribution in [-0.2, 0) is 0 Å². The molecule has 4 nitrogen and oxygen atoms in total. The molecule has 0 aliphatic heterocycles. The first-order valence-corrected chi connectivity index (χ1v) is 8.62. The molecule has 25 heavy (non-hydrogen) atoms. The molecule has 0 atom stereocenters. The van der Waals surface area contributed by atoms with E-state index < -0.39 is 0 Å². The first kappa shape index (κ1) is 15.8. The van der Waals surface area contributed by atoms with Crippen LogP contribution in [0.5, 0.6) is 0 Å². The minimum Gasteiger partial charge on any atom is -0.450 e. The number of fused-ring (bicyclic) bond motifs is 2. The second-order valence-electron chi connectivity index (χ2n) is 6.10. The molecule has 1 amide bonds. The molecule has 2 heterocycles. The number of carbonyl (C=O) groups excluding carboxylic acids is 1. The number of hydrogen-bond donors (Lipinski definition) is 1. The van der Waals surface area contributed by atoms with Crippen LogP contribution in [0.4, 0.5) is 9.52 Å². The van der Waals surface area contributed by atoms with Crippen LogP contribution in [0.2, 0.25) is 0 Å². The van der Waals surface area contributed by atoms with E-state index in [1.54, 1.807) is 6.07 Å². The maximum Gasteiger partial charge on any atom is 0.293 e. The maximum atomic E-state index is 13.3. The van der Waals surface area contributed by atoms with Crippen LogP contribution in [-0.4, -0.2) is 10.9 Å². The molecular weight excluding hydrogens is 339 g/mol. The number of aromatic nitrogens is 1. The Labute approximate surface area is 147 Å². The molecule has 1 N–H and O–H groups in total. The lowest BCUT2D eigenvalue weighted by Crippen LogP contribution is -2.11. The van der Waals surface area contributed by atoms with Crippen LogP contribution < -0.4 is 5.32 Å². The molecule has 6 heteroatoms. The van der Waals surface area contributed by atoms with E-state index in [4.69, 9.17) is 4.42 Å². The third-order valence-corrected chi connectivity index (χ3v) is 5.08. The summed E-state index contributed by atoms with van der Waals surface area (Å²) in [5.41, 5.74) is 4.28. The highest BCUT2D eigenvalue weighted by Crippen LogP contribution is 2.31. The van der Waals surface area contributed by atoms with E-state index >= 15 is 0 Å². The summed E-state index contributed by atoms with van der Waals surface area (Å²) >= 11 is 1.23. The Morgan fingerprint density at radius 1 is 1.20 bits per heavy atom. The van der Waals surface area contributed by atoms with Gasteiger partial charge in [-0.1, -0.05) is 17.4 Å². The number of hydrogen-bond acceptors (Lipinski definition) is 4. The van der Waals surface area contributed by atoms with Gasteiger partial charge in [0.25, 0.3) is 5.91 Å². The summed E-state index contributed by atoms with van der Waals surface area (Å²) in [5, 5.41) is 4.11. The minimum atomic E-state index is -0.356. The van der Waals surface area contributed by atoms with Crippen molar-refractivity contribution in [2.24, 2.45) is 0 Å². The van der Waals surface area contributed by atoms with E-state index in [-0.39, 0.29) is 17.5 Å². The van der Waals surface area contributed by atoms with Crippen LogP contribution in [0.25, 0.3) is 21.2 Å². The second-order valence-corrected chi connectivity index (χ2v) is 7.13. The molecule has 0 bridgehead atoms. The standard InChI is InChI=1S/C19H15FN2O2S/c1-9-6-10(2)16-13(7-9)11(3)17(24-16)18(23)22-19-21-14-5-4-12(20)8-15(14)25-19/h4-8H,1-3H3,(H,21,22,23). The number of furan rings is 1. The molecule has 126 valence electrons. The van der Waals surface area contributed by atoms with E-state index in [0.29, 0.717) is 15.3 Å². The van der Waals surface area contributed by atoms with E-state index in [9.17, 15) is 9.18 Å². The van der Waals surface area contributed by atoms with Gasteiger partial charge in [-0.15, -0.1) is 0 Å². The highest BCUT2D eigenvalue weighted by Gasteiger charge is 2.20. The Bertz CT molecular complexity index is 1140. The van der Waals surface area contributed by atoms with Gasteiger partial charge in [0.15, 0.2) is 10.9 Å². The number of amides is 1. The third-order valence-electron chi connectivity index (χ3n) is 4.14. The highest BCUT2D eigenvalue weighted by molar-refractivity contribution is 7.22. The van der Waals surface area contributed by atoms with Gasteiger partial charge in [-0.3, -0.25) is 10.1 Å². The normalized spacial score (nSPS) is 11.4. The Kier molecular flexibility index (Phi) is 3.58. The fraction of sp³-hybridized carbons (Fsp3) is 0.158. The van der Waals surface area contributed by atoms with Crippen molar-refractivity contribution in [3.05, 3.63) is 58.6 Å². The molecule has 0 spiro atoms. The zero-order valence-electron chi connectivity index (χ0n) is 13.9. The predicted molar refractivity (Wildman–Crippen MR) is 98.0 cm³/mol. The number of rotatable bonds is 2. The van der Waals surface area contributed by atoms with Crippen molar-refractivity contribution >= 4 is 43.6 Å². The van der Waals surface area contributed by atoms with Gasteiger partial charge < -0.3 is 4.42 Å². The lowest BCUT2D eigenvalue weighted by atomic mass is 10.1. The van der Waals surface area contributed by atoms with E-state index in [0.717, 1.165) is 27.7 Å². The number of benzene rings is 2. The Balaban J connectivity index is 1.71. The van der Waals surface area contributed by atoms with Crippen molar-refractivity contribution in [2.45, 2.75) is 20.8 Å². The topological polar surface area (TPSA) is 55.1 Å². The summed E-state index contributed by atoms with van der Waals surface area (Å²) in [6.07, 6.45) is 0. The molecule has 0 radical (unpaired) electrons. The first-order chi connectivity index (χ1) is 11.9. The van der Waals surface area contributed by atoms with Gasteiger partial charge in [-0.2, -0.15) is 0 Å². The highest BCUT2D eigenvalue weighted by atomic mass is 32.1. The van der Waals surface area contributed by atoms with Crippen molar-refractivity contribution in [3.8, 4) is 0 Å².